The maximum atomic E-state index is 3.25. The third kappa shape index (κ3) is 226. The van der Waals surface area contributed by atoms with Crippen LogP contribution in [0.2, 0.25) is 0 Å². The fourth-order valence-electron chi connectivity index (χ4n) is 0. The Bertz CT molecular complexity index is 7.22. The van der Waals surface area contributed by atoms with Crippen molar-refractivity contribution < 1.29 is 54.6 Å². The standard InChI is InChI=1S/4C2H5.2Cd/c4*1-2;;/h4*1H2,2H3;;/q4*-1;2*+2. The zero-order valence-electron chi connectivity index (χ0n) is 8.24. The van der Waals surface area contributed by atoms with E-state index in [9.17, 15) is 0 Å². The van der Waals surface area contributed by atoms with Crippen molar-refractivity contribution >= 4 is 0 Å². The van der Waals surface area contributed by atoms with Gasteiger partial charge in [0.15, 0.2) is 0 Å². The molecule has 0 rings (SSSR count). The summed E-state index contributed by atoms with van der Waals surface area (Å²) in [6, 6.07) is 0. The molecule has 0 unspecified atom stereocenters. The van der Waals surface area contributed by atoms with Crippen molar-refractivity contribution in [2.75, 3.05) is 0 Å². The van der Waals surface area contributed by atoms with E-state index in [2.05, 4.69) is 27.7 Å². The van der Waals surface area contributed by atoms with E-state index in [1.165, 1.54) is 0 Å². The van der Waals surface area contributed by atoms with Crippen molar-refractivity contribution in [1.29, 1.82) is 0 Å². The molecule has 0 heterocycles. The molecule has 0 aromatic heterocycles. The van der Waals surface area contributed by atoms with Gasteiger partial charge in [-0.05, 0) is 0 Å². The second kappa shape index (κ2) is 309. The molecule has 0 fully saturated rings. The van der Waals surface area contributed by atoms with Crippen LogP contribution in [-0.4, -0.2) is 0 Å². The van der Waals surface area contributed by atoms with Gasteiger partial charge in [0.2, 0.25) is 0 Å². The Morgan fingerprint density at radius 3 is 0.400 bits per heavy atom. The van der Waals surface area contributed by atoms with Gasteiger partial charge in [-0.15, -0.1) is 0 Å². The maximum Gasteiger partial charge on any atom is 2.00 e. The van der Waals surface area contributed by atoms with Gasteiger partial charge in [-0.25, -0.2) is 0 Å². The molecule has 0 saturated heterocycles. The normalized spacial score (nSPS) is 2.40. The van der Waals surface area contributed by atoms with E-state index in [4.69, 9.17) is 0 Å². The van der Waals surface area contributed by atoms with Crippen LogP contribution in [0.4, 0.5) is 0 Å². The molecule has 0 aromatic rings. The van der Waals surface area contributed by atoms with Crippen LogP contribution in [0.5, 0.6) is 0 Å². The van der Waals surface area contributed by atoms with Gasteiger partial charge in [0.25, 0.3) is 0 Å². The van der Waals surface area contributed by atoms with Gasteiger partial charge in [-0.1, -0.05) is 0 Å². The molecule has 0 bridgehead atoms. The van der Waals surface area contributed by atoms with Crippen molar-refractivity contribution in [3.05, 3.63) is 27.7 Å². The van der Waals surface area contributed by atoms with E-state index < -0.39 is 0 Å². The topological polar surface area (TPSA) is 0 Å². The summed E-state index contributed by atoms with van der Waals surface area (Å²) in [4.78, 5) is 0. The van der Waals surface area contributed by atoms with Gasteiger partial charge >= 0.3 is 54.6 Å². The van der Waals surface area contributed by atoms with Crippen LogP contribution in [0.1, 0.15) is 27.7 Å². The third-order valence-electron chi connectivity index (χ3n) is 0. The maximum absolute atomic E-state index is 3.25. The Morgan fingerprint density at radius 1 is 0.400 bits per heavy atom. The summed E-state index contributed by atoms with van der Waals surface area (Å²) in [7, 11) is 0. The first-order valence-corrected chi connectivity index (χ1v) is 2.83. The van der Waals surface area contributed by atoms with Gasteiger partial charge < -0.3 is 27.7 Å². The molecule has 0 N–H and O–H groups in total. The van der Waals surface area contributed by atoms with Gasteiger partial charge in [-0.3, -0.25) is 0 Å². The molecule has 10 heavy (non-hydrogen) atoms. The second-order valence-corrected chi connectivity index (χ2v) is 0. The van der Waals surface area contributed by atoms with Crippen LogP contribution in [0.15, 0.2) is 0 Å². The van der Waals surface area contributed by atoms with Crippen LogP contribution in [-0.2, 0) is 54.6 Å². The van der Waals surface area contributed by atoms with E-state index in [0.29, 0.717) is 0 Å². The van der Waals surface area contributed by atoms with Crippen LogP contribution in [0.25, 0.3) is 0 Å². The Kier molecular flexibility index (Phi) is 1260. The Labute approximate surface area is 109 Å². The molecule has 0 nitrogen and oxygen atoms in total. The quantitative estimate of drug-likeness (QED) is 0.468. The minimum Gasteiger partial charge on any atom is -0.346 e. The summed E-state index contributed by atoms with van der Waals surface area (Å²) >= 11 is 0. The van der Waals surface area contributed by atoms with Gasteiger partial charge in [0, 0.05) is 0 Å². The Hall–Kier alpha value is 1.84. The predicted octanol–water partition coefficient (Wildman–Crippen LogP) is 3.36. The van der Waals surface area contributed by atoms with Gasteiger partial charge in [0.1, 0.15) is 0 Å². The smallest absolute Gasteiger partial charge is 0.346 e. The SMILES string of the molecule is [CH2-]C.[CH2-]C.[CH2-]C.[CH2-]C.[Cd+2].[Cd+2]. The first kappa shape index (κ1) is 40.8. The molecular weight excluding hydrogens is 321 g/mol. The molecule has 0 aliphatic carbocycles. The summed E-state index contributed by atoms with van der Waals surface area (Å²) in [5, 5.41) is 0. The molecule has 0 aliphatic rings. The summed E-state index contributed by atoms with van der Waals surface area (Å²) in [5.41, 5.74) is 0. The minimum atomic E-state index is 0. The van der Waals surface area contributed by atoms with Crippen LogP contribution in [0, 0.1) is 27.7 Å². The molecule has 0 aromatic carbocycles. The molecule has 0 radical (unpaired) electrons. The first-order chi connectivity index (χ1) is 4.00. The van der Waals surface area contributed by atoms with E-state index in [1.54, 1.807) is 27.7 Å². The average molecular weight is 341 g/mol. The largest absolute Gasteiger partial charge is 2.00 e. The van der Waals surface area contributed by atoms with Crippen molar-refractivity contribution in [1.82, 2.24) is 0 Å². The van der Waals surface area contributed by atoms with Gasteiger partial charge in [-0.2, -0.15) is 27.7 Å². The molecule has 56 valence electrons. The summed E-state index contributed by atoms with van der Waals surface area (Å²) < 4.78 is 0. The molecule has 0 saturated carbocycles. The molecule has 0 amide bonds. The van der Waals surface area contributed by atoms with Crippen LogP contribution in [0.3, 0.4) is 0 Å². The van der Waals surface area contributed by atoms with Crippen molar-refractivity contribution in [2.45, 2.75) is 27.7 Å². The Morgan fingerprint density at radius 2 is 0.400 bits per heavy atom. The fourth-order valence-corrected chi connectivity index (χ4v) is 0. The molecule has 0 spiro atoms. The predicted molar refractivity (Wildman–Crippen MR) is 44.1 cm³/mol. The fraction of sp³-hybridized carbons (Fsp3) is 0.500. The summed E-state index contributed by atoms with van der Waals surface area (Å²) in [6.07, 6.45) is 0. The monoisotopic (exact) mass is 344 g/mol. The van der Waals surface area contributed by atoms with E-state index in [-0.39, 0.29) is 54.6 Å². The first-order valence-electron chi connectivity index (χ1n) is 2.83. The van der Waals surface area contributed by atoms with Crippen LogP contribution >= 0.6 is 0 Å². The van der Waals surface area contributed by atoms with E-state index >= 15 is 0 Å². The summed E-state index contributed by atoms with van der Waals surface area (Å²) in [5.74, 6) is 0. The molecule has 0 atom stereocenters. The van der Waals surface area contributed by atoms with E-state index in [0.717, 1.165) is 0 Å². The van der Waals surface area contributed by atoms with Crippen molar-refractivity contribution in [3.8, 4) is 0 Å². The second-order valence-electron chi connectivity index (χ2n) is 0. The third-order valence-corrected chi connectivity index (χ3v) is 0. The van der Waals surface area contributed by atoms with E-state index in [1.807, 2.05) is 0 Å². The molecule has 2 heteroatoms. The zero-order chi connectivity index (χ0) is 8.00. The van der Waals surface area contributed by atoms with Crippen molar-refractivity contribution in [3.63, 3.8) is 0 Å². The van der Waals surface area contributed by atoms with Gasteiger partial charge in [0.05, 0.1) is 0 Å². The number of hydrogen-bond acceptors (Lipinski definition) is 0. The number of hydrogen-bond donors (Lipinski definition) is 0. The number of rotatable bonds is 0. The Balaban J connectivity index is -0.00000000500. The minimum absolute atomic E-state index is 0. The molecular formula is C8H20Cd2. The van der Waals surface area contributed by atoms with Crippen molar-refractivity contribution in [2.24, 2.45) is 0 Å². The van der Waals surface area contributed by atoms with Crippen LogP contribution < -0.4 is 0 Å². The molecule has 0 aliphatic heterocycles. The average Bonchev–Trinajstić information content (AvgIpc) is 2.03. The zero-order valence-corrected chi connectivity index (χ0v) is 16.3. The summed E-state index contributed by atoms with van der Waals surface area (Å²) in [6.45, 7) is 20.0.